The number of carbonyl (C=O) groups is 2. The molecule has 7 heteroatoms. The molecule has 0 bridgehead atoms. The molecule has 1 fully saturated rings. The molecule has 1 aliphatic rings. The van der Waals surface area contributed by atoms with Crippen molar-refractivity contribution in [1.82, 2.24) is 0 Å². The van der Waals surface area contributed by atoms with Crippen molar-refractivity contribution in [2.24, 2.45) is 0 Å². The molecular weight excluding hydrogens is 506 g/mol. The number of benzene rings is 3. The maximum Gasteiger partial charge on any atom is 0.300 e. The van der Waals surface area contributed by atoms with Crippen molar-refractivity contribution >= 4 is 23.1 Å². The number of unbranched alkanes of at least 4 members (excludes halogenated alkanes) is 2. The van der Waals surface area contributed by atoms with Crippen LogP contribution in [0.5, 0.6) is 17.2 Å². The highest BCUT2D eigenvalue weighted by Crippen LogP contribution is 2.43. The fraction of sp³-hybridized carbons (Fsp3) is 0.333. The Hall–Kier alpha value is -4.26. The lowest BCUT2D eigenvalue weighted by molar-refractivity contribution is -0.132. The zero-order valence-corrected chi connectivity index (χ0v) is 23.6. The van der Waals surface area contributed by atoms with Gasteiger partial charge < -0.3 is 19.3 Å². The molecule has 3 aromatic carbocycles. The quantitative estimate of drug-likeness (QED) is 0.114. The van der Waals surface area contributed by atoms with Crippen LogP contribution in [0.3, 0.4) is 0 Å². The maximum absolute atomic E-state index is 13.5. The molecule has 1 unspecified atom stereocenters. The fourth-order valence-electron chi connectivity index (χ4n) is 4.69. The van der Waals surface area contributed by atoms with Crippen LogP contribution in [-0.2, 0) is 9.59 Å². The van der Waals surface area contributed by atoms with Crippen LogP contribution in [0.25, 0.3) is 5.76 Å². The first kappa shape index (κ1) is 28.7. The highest BCUT2D eigenvalue weighted by atomic mass is 16.5. The second-order valence-electron chi connectivity index (χ2n) is 9.91. The van der Waals surface area contributed by atoms with Crippen LogP contribution in [0.4, 0.5) is 5.69 Å². The third-order valence-corrected chi connectivity index (χ3v) is 6.58. The predicted octanol–water partition coefficient (Wildman–Crippen LogP) is 7.07. The smallest absolute Gasteiger partial charge is 0.300 e. The second-order valence-corrected chi connectivity index (χ2v) is 9.91. The molecule has 0 radical (unpaired) electrons. The number of amides is 1. The van der Waals surface area contributed by atoms with Gasteiger partial charge in [-0.05, 0) is 93.4 Å². The SMILES string of the molecule is CCCCCOc1ccc(/C(O)=C2\C(=O)C(=O)N(c3ccc(OCC)cc3)C2c2ccc(OC(C)C)cc2)cc1. The fourth-order valence-corrected chi connectivity index (χ4v) is 4.69. The molecular formula is C33H37NO6. The standard InChI is InChI=1S/C33H37NO6/c1-5-7-8-21-39-27-15-11-24(12-16-27)31(35)29-30(23-9-17-28(18-10-23)40-22(3)4)34(33(37)32(29)36)25-13-19-26(20-14-25)38-6-2/h9-20,22,30,35H,5-8,21H2,1-4H3/b31-29+. The van der Waals surface area contributed by atoms with Gasteiger partial charge in [-0.1, -0.05) is 31.9 Å². The summed E-state index contributed by atoms with van der Waals surface area (Å²) in [4.78, 5) is 28.3. The highest BCUT2D eigenvalue weighted by molar-refractivity contribution is 6.51. The minimum atomic E-state index is -0.837. The van der Waals surface area contributed by atoms with Gasteiger partial charge in [0.25, 0.3) is 11.7 Å². The average Bonchev–Trinajstić information content (AvgIpc) is 3.22. The first-order valence-electron chi connectivity index (χ1n) is 13.9. The third-order valence-electron chi connectivity index (χ3n) is 6.58. The van der Waals surface area contributed by atoms with E-state index in [0.717, 1.165) is 19.3 Å². The number of Topliss-reactive ketones (excluding diaryl/α,β-unsaturated/α-hetero) is 1. The number of ketones is 1. The Balaban J connectivity index is 1.74. The Morgan fingerprint density at radius 3 is 2.02 bits per heavy atom. The zero-order chi connectivity index (χ0) is 28.6. The summed E-state index contributed by atoms with van der Waals surface area (Å²) in [7, 11) is 0. The van der Waals surface area contributed by atoms with Gasteiger partial charge in [0, 0.05) is 11.3 Å². The Kier molecular flexibility index (Phi) is 9.48. The molecule has 3 aromatic rings. The molecule has 210 valence electrons. The predicted molar refractivity (Wildman–Crippen MR) is 156 cm³/mol. The van der Waals surface area contributed by atoms with E-state index in [4.69, 9.17) is 14.2 Å². The summed E-state index contributed by atoms with van der Waals surface area (Å²) in [6.45, 7) is 9.04. The van der Waals surface area contributed by atoms with Crippen LogP contribution in [0.1, 0.15) is 64.1 Å². The van der Waals surface area contributed by atoms with Crippen molar-refractivity contribution in [2.75, 3.05) is 18.1 Å². The number of nitrogens with zero attached hydrogens (tertiary/aromatic N) is 1. The lowest BCUT2D eigenvalue weighted by Gasteiger charge is -2.26. The first-order chi connectivity index (χ1) is 19.3. The van der Waals surface area contributed by atoms with E-state index in [1.165, 1.54) is 4.90 Å². The molecule has 1 saturated heterocycles. The van der Waals surface area contributed by atoms with Gasteiger partial charge in [0.2, 0.25) is 0 Å². The molecule has 4 rings (SSSR count). The Bertz CT molecular complexity index is 1330. The lowest BCUT2D eigenvalue weighted by Crippen LogP contribution is -2.29. The summed E-state index contributed by atoms with van der Waals surface area (Å²) < 4.78 is 17.1. The molecule has 0 aromatic heterocycles. The van der Waals surface area contributed by atoms with Crippen molar-refractivity contribution in [2.45, 2.75) is 59.1 Å². The number of aliphatic hydroxyl groups is 1. The molecule has 0 aliphatic carbocycles. The van der Waals surface area contributed by atoms with Gasteiger partial charge in [0.15, 0.2) is 0 Å². The lowest BCUT2D eigenvalue weighted by atomic mass is 9.95. The minimum absolute atomic E-state index is 0.000985. The van der Waals surface area contributed by atoms with E-state index in [-0.39, 0.29) is 17.4 Å². The van der Waals surface area contributed by atoms with Gasteiger partial charge in [-0.2, -0.15) is 0 Å². The van der Waals surface area contributed by atoms with Gasteiger partial charge in [0.05, 0.1) is 30.9 Å². The van der Waals surface area contributed by atoms with E-state index in [0.29, 0.717) is 47.3 Å². The van der Waals surface area contributed by atoms with E-state index in [1.54, 1.807) is 60.7 Å². The summed E-state index contributed by atoms with van der Waals surface area (Å²) >= 11 is 0. The molecule has 1 N–H and O–H groups in total. The van der Waals surface area contributed by atoms with Crippen LogP contribution in [-0.4, -0.2) is 36.1 Å². The van der Waals surface area contributed by atoms with E-state index in [2.05, 4.69) is 6.92 Å². The van der Waals surface area contributed by atoms with Gasteiger partial charge in [-0.3, -0.25) is 14.5 Å². The average molecular weight is 544 g/mol. The van der Waals surface area contributed by atoms with Gasteiger partial charge in [-0.15, -0.1) is 0 Å². The molecule has 1 atom stereocenters. The summed E-state index contributed by atoms with van der Waals surface area (Å²) in [5, 5.41) is 11.4. The topological polar surface area (TPSA) is 85.3 Å². The van der Waals surface area contributed by atoms with Gasteiger partial charge >= 0.3 is 0 Å². The van der Waals surface area contributed by atoms with Crippen LogP contribution < -0.4 is 19.1 Å². The van der Waals surface area contributed by atoms with Gasteiger partial charge in [-0.25, -0.2) is 0 Å². The maximum atomic E-state index is 13.5. The van der Waals surface area contributed by atoms with Crippen LogP contribution in [0, 0.1) is 0 Å². The molecule has 7 nitrogen and oxygen atoms in total. The molecule has 0 saturated carbocycles. The van der Waals surface area contributed by atoms with Crippen LogP contribution >= 0.6 is 0 Å². The van der Waals surface area contributed by atoms with Crippen LogP contribution in [0.15, 0.2) is 78.4 Å². The summed E-state index contributed by atoms with van der Waals surface area (Å²) in [6.07, 6.45) is 3.17. The zero-order valence-electron chi connectivity index (χ0n) is 23.6. The largest absolute Gasteiger partial charge is 0.507 e. The summed E-state index contributed by atoms with van der Waals surface area (Å²) in [5.74, 6) is 0.308. The third kappa shape index (κ3) is 6.47. The molecule has 1 heterocycles. The number of anilines is 1. The van der Waals surface area contributed by atoms with Crippen molar-refractivity contribution in [3.8, 4) is 17.2 Å². The Morgan fingerprint density at radius 2 is 1.43 bits per heavy atom. The van der Waals surface area contributed by atoms with Gasteiger partial charge in [0.1, 0.15) is 23.0 Å². The number of hydrogen-bond acceptors (Lipinski definition) is 6. The number of carbonyl (C=O) groups excluding carboxylic acids is 2. The molecule has 40 heavy (non-hydrogen) atoms. The number of hydrogen-bond donors (Lipinski definition) is 1. The monoisotopic (exact) mass is 543 g/mol. The molecule has 1 amide bonds. The van der Waals surface area contributed by atoms with E-state index in [1.807, 2.05) is 32.9 Å². The Labute approximate surface area is 236 Å². The minimum Gasteiger partial charge on any atom is -0.507 e. The molecule has 1 aliphatic heterocycles. The van der Waals surface area contributed by atoms with E-state index < -0.39 is 17.7 Å². The van der Waals surface area contributed by atoms with Crippen molar-refractivity contribution in [1.29, 1.82) is 0 Å². The summed E-state index contributed by atoms with van der Waals surface area (Å²) in [5.41, 5.74) is 1.64. The van der Waals surface area contributed by atoms with Crippen molar-refractivity contribution in [3.05, 3.63) is 89.5 Å². The summed E-state index contributed by atoms with van der Waals surface area (Å²) in [6, 6.07) is 20.3. The van der Waals surface area contributed by atoms with Crippen LogP contribution in [0.2, 0.25) is 0 Å². The number of aliphatic hydroxyl groups excluding tert-OH is 1. The van der Waals surface area contributed by atoms with E-state index >= 15 is 0 Å². The Morgan fingerprint density at radius 1 is 0.825 bits per heavy atom. The molecule has 0 spiro atoms. The second kappa shape index (κ2) is 13.2. The van der Waals surface area contributed by atoms with E-state index in [9.17, 15) is 14.7 Å². The number of ether oxygens (including phenoxy) is 3. The normalized spacial score (nSPS) is 16.4. The van der Waals surface area contributed by atoms with Crippen molar-refractivity contribution in [3.63, 3.8) is 0 Å². The van der Waals surface area contributed by atoms with Crippen molar-refractivity contribution < 1.29 is 28.9 Å². The highest BCUT2D eigenvalue weighted by Gasteiger charge is 2.47. The first-order valence-corrected chi connectivity index (χ1v) is 13.9. The number of rotatable bonds is 12.